The topological polar surface area (TPSA) is 95.0 Å². The number of pyridine rings is 1. The van der Waals surface area contributed by atoms with Gasteiger partial charge in [0.15, 0.2) is 22.4 Å². The lowest BCUT2D eigenvalue weighted by Gasteiger charge is -2.11. The summed E-state index contributed by atoms with van der Waals surface area (Å²) in [5.74, 6) is 0.733. The van der Waals surface area contributed by atoms with E-state index in [2.05, 4.69) is 25.9 Å². The molecule has 1 aromatic carbocycles. The highest BCUT2D eigenvalue weighted by Gasteiger charge is 2.18. The van der Waals surface area contributed by atoms with Crippen molar-refractivity contribution in [2.75, 3.05) is 12.5 Å². The summed E-state index contributed by atoms with van der Waals surface area (Å²) in [5.41, 5.74) is 0.200. The van der Waals surface area contributed by atoms with Crippen LogP contribution in [0.4, 0.5) is 5.82 Å². The van der Waals surface area contributed by atoms with Gasteiger partial charge in [0.2, 0.25) is 0 Å². The zero-order valence-electron chi connectivity index (χ0n) is 17.0. The molecule has 0 radical (unpaired) electrons. The first-order valence-corrected chi connectivity index (χ1v) is 12.5. The molecule has 8 nitrogen and oxygen atoms in total. The van der Waals surface area contributed by atoms with Crippen LogP contribution >= 0.6 is 11.8 Å². The van der Waals surface area contributed by atoms with Gasteiger partial charge in [-0.2, -0.15) is 4.36 Å². The normalized spacial score (nSPS) is 13.1. The largest absolute Gasteiger partial charge is 0.278 e. The first-order chi connectivity index (χ1) is 14.9. The SMILES string of the molecule is C=CCn1c(=O)c2cnc(SC)nc2n1-c1cccc(N=[S@@](C)(=O)c2ccccc2)n1. The minimum atomic E-state index is -2.69. The standard InChI is InChI=1S/C21H20N6O2S2/c1-4-13-26-20(28)16-14-22-21(30-2)24-19(16)27(26)18-12-8-11-17(23-18)25-31(3,29)15-9-6-5-7-10-15/h4-12,14H,1,13H2,2-3H3/t31-/m0/s1. The third-order valence-corrected chi connectivity index (χ3v) is 6.77. The van der Waals surface area contributed by atoms with Gasteiger partial charge in [0, 0.05) is 17.3 Å². The zero-order chi connectivity index (χ0) is 22.0. The van der Waals surface area contributed by atoms with E-state index in [-0.39, 0.29) is 12.1 Å². The van der Waals surface area contributed by atoms with E-state index in [4.69, 9.17) is 0 Å². The molecule has 0 fully saturated rings. The van der Waals surface area contributed by atoms with E-state index in [1.54, 1.807) is 47.3 Å². The van der Waals surface area contributed by atoms with Gasteiger partial charge in [-0.15, -0.1) is 6.58 Å². The van der Waals surface area contributed by atoms with E-state index in [0.717, 1.165) is 0 Å². The van der Waals surface area contributed by atoms with Gasteiger partial charge >= 0.3 is 0 Å². The highest BCUT2D eigenvalue weighted by Crippen LogP contribution is 2.21. The predicted molar refractivity (Wildman–Crippen MR) is 124 cm³/mol. The summed E-state index contributed by atoms with van der Waals surface area (Å²) in [6.45, 7) is 4.01. The van der Waals surface area contributed by atoms with Crippen LogP contribution in [0.5, 0.6) is 0 Å². The molecular formula is C21H20N6O2S2. The Hall–Kier alpha value is -3.24. The molecule has 0 N–H and O–H groups in total. The molecule has 3 aromatic heterocycles. The first-order valence-electron chi connectivity index (χ1n) is 9.32. The summed E-state index contributed by atoms with van der Waals surface area (Å²) in [6.07, 6.45) is 6.59. The van der Waals surface area contributed by atoms with Gasteiger partial charge in [0.05, 0.1) is 16.3 Å². The molecule has 3 heterocycles. The van der Waals surface area contributed by atoms with E-state index < -0.39 is 9.73 Å². The van der Waals surface area contributed by atoms with Crippen LogP contribution in [0.1, 0.15) is 0 Å². The molecule has 0 amide bonds. The van der Waals surface area contributed by atoms with Crippen molar-refractivity contribution in [1.82, 2.24) is 24.3 Å². The predicted octanol–water partition coefficient (Wildman–Crippen LogP) is 3.67. The molecular weight excluding hydrogens is 432 g/mol. The fraction of sp³-hybridized carbons (Fsp3) is 0.143. The third-order valence-electron chi connectivity index (χ3n) is 4.52. The van der Waals surface area contributed by atoms with Crippen LogP contribution in [0, 0.1) is 0 Å². The Morgan fingerprint density at radius 1 is 1.16 bits per heavy atom. The maximum Gasteiger partial charge on any atom is 0.278 e. The highest BCUT2D eigenvalue weighted by atomic mass is 32.2. The Balaban J connectivity index is 1.93. The number of benzene rings is 1. The summed E-state index contributed by atoms with van der Waals surface area (Å²) in [7, 11) is -2.69. The van der Waals surface area contributed by atoms with E-state index in [9.17, 15) is 9.00 Å². The van der Waals surface area contributed by atoms with Crippen LogP contribution in [0.15, 0.2) is 86.6 Å². The van der Waals surface area contributed by atoms with Crippen molar-refractivity contribution in [2.45, 2.75) is 16.6 Å². The monoisotopic (exact) mass is 452 g/mol. The van der Waals surface area contributed by atoms with Gasteiger partial charge in [-0.05, 0) is 30.5 Å². The number of hydrogen-bond acceptors (Lipinski definition) is 7. The van der Waals surface area contributed by atoms with E-state index >= 15 is 0 Å². The highest BCUT2D eigenvalue weighted by molar-refractivity contribution is 7.98. The van der Waals surface area contributed by atoms with Gasteiger partial charge in [0.25, 0.3) is 5.56 Å². The Kier molecular flexibility index (Phi) is 5.75. The van der Waals surface area contributed by atoms with Crippen LogP contribution in [-0.4, -0.2) is 41.0 Å². The minimum absolute atomic E-state index is 0.240. The Bertz CT molecular complexity index is 1450. The smallest absolute Gasteiger partial charge is 0.267 e. The molecule has 1 atom stereocenters. The number of rotatable bonds is 6. The number of fused-ring (bicyclic) bond motifs is 1. The quantitative estimate of drug-likeness (QED) is 0.252. The van der Waals surface area contributed by atoms with Crippen molar-refractivity contribution in [3.05, 3.63) is 77.7 Å². The molecule has 0 aliphatic heterocycles. The number of hydrogen-bond donors (Lipinski definition) is 0. The molecule has 0 aliphatic carbocycles. The summed E-state index contributed by atoms with van der Waals surface area (Å²) >= 11 is 1.38. The zero-order valence-corrected chi connectivity index (χ0v) is 18.6. The van der Waals surface area contributed by atoms with Gasteiger partial charge in [-0.3, -0.25) is 4.79 Å². The van der Waals surface area contributed by atoms with Crippen LogP contribution < -0.4 is 5.56 Å². The fourth-order valence-electron chi connectivity index (χ4n) is 3.12. The summed E-state index contributed by atoms with van der Waals surface area (Å²) in [5, 5.41) is 0.922. The fourth-order valence-corrected chi connectivity index (χ4v) is 4.68. The molecule has 0 bridgehead atoms. The van der Waals surface area contributed by atoms with Crippen molar-refractivity contribution in [3.8, 4) is 5.82 Å². The maximum absolute atomic E-state index is 13.2. The third kappa shape index (κ3) is 4.04. The number of allylic oxidation sites excluding steroid dienone is 1. The van der Waals surface area contributed by atoms with Gasteiger partial charge in [-0.25, -0.2) is 28.5 Å². The lowest BCUT2D eigenvalue weighted by molar-refractivity contribution is 0.596. The van der Waals surface area contributed by atoms with Gasteiger partial charge in [-0.1, -0.05) is 42.1 Å². The van der Waals surface area contributed by atoms with E-state index in [1.807, 2.05) is 24.5 Å². The average molecular weight is 453 g/mol. The van der Waals surface area contributed by atoms with Crippen LogP contribution in [0.3, 0.4) is 0 Å². The molecule has 0 spiro atoms. The first kappa shape index (κ1) is 21.0. The summed E-state index contributed by atoms with van der Waals surface area (Å²) in [4.78, 5) is 26.8. The van der Waals surface area contributed by atoms with Crippen molar-refractivity contribution in [1.29, 1.82) is 0 Å². The second-order valence-electron chi connectivity index (χ2n) is 6.64. The molecule has 0 unspecified atom stereocenters. The number of thioether (sulfide) groups is 1. The van der Waals surface area contributed by atoms with Crippen LogP contribution in [-0.2, 0) is 16.3 Å². The Morgan fingerprint density at radius 2 is 1.94 bits per heavy atom. The Morgan fingerprint density at radius 3 is 2.65 bits per heavy atom. The molecule has 0 saturated carbocycles. The minimum Gasteiger partial charge on any atom is -0.267 e. The molecule has 4 aromatic rings. The average Bonchev–Trinajstić information content (AvgIpc) is 3.05. The van der Waals surface area contributed by atoms with Gasteiger partial charge < -0.3 is 0 Å². The maximum atomic E-state index is 13.2. The van der Waals surface area contributed by atoms with E-state index in [0.29, 0.717) is 32.7 Å². The molecule has 4 rings (SSSR count). The van der Waals surface area contributed by atoms with E-state index in [1.165, 1.54) is 22.6 Å². The van der Waals surface area contributed by atoms with Crippen LogP contribution in [0.2, 0.25) is 0 Å². The van der Waals surface area contributed by atoms with Crippen molar-refractivity contribution in [3.63, 3.8) is 0 Å². The summed E-state index contributed by atoms with van der Waals surface area (Å²) in [6, 6.07) is 14.2. The molecule has 158 valence electrons. The lowest BCUT2D eigenvalue weighted by atomic mass is 10.4. The molecule has 0 saturated heterocycles. The van der Waals surface area contributed by atoms with Crippen LogP contribution in [0.25, 0.3) is 16.9 Å². The van der Waals surface area contributed by atoms with Crippen molar-refractivity contribution >= 4 is 38.3 Å². The van der Waals surface area contributed by atoms with Gasteiger partial charge in [0.1, 0.15) is 5.39 Å². The second-order valence-corrected chi connectivity index (χ2v) is 9.67. The second kappa shape index (κ2) is 8.48. The number of nitrogens with zero attached hydrogens (tertiary/aromatic N) is 6. The molecule has 31 heavy (non-hydrogen) atoms. The molecule has 10 heteroatoms. The van der Waals surface area contributed by atoms with Crippen molar-refractivity contribution < 1.29 is 4.21 Å². The van der Waals surface area contributed by atoms with Crippen molar-refractivity contribution in [2.24, 2.45) is 4.36 Å². The Labute approximate surface area is 183 Å². The molecule has 0 aliphatic rings. The number of aromatic nitrogens is 5. The summed E-state index contributed by atoms with van der Waals surface area (Å²) < 4.78 is 20.7. The lowest BCUT2D eigenvalue weighted by Crippen LogP contribution is -2.22.